The van der Waals surface area contributed by atoms with Crippen LogP contribution >= 0.6 is 0 Å². The predicted octanol–water partition coefficient (Wildman–Crippen LogP) is 1.89. The Balaban J connectivity index is 1.59. The second-order valence-electron chi connectivity index (χ2n) is 9.38. The van der Waals surface area contributed by atoms with Crippen molar-refractivity contribution in [3.8, 4) is 0 Å². The van der Waals surface area contributed by atoms with Crippen molar-refractivity contribution in [1.29, 1.82) is 0 Å². The lowest BCUT2D eigenvalue weighted by Crippen LogP contribution is -2.48. The number of aliphatic hydroxyl groups excluding tert-OH is 1. The largest absolute Gasteiger partial charge is 0.466 e. The van der Waals surface area contributed by atoms with Crippen molar-refractivity contribution in [3.63, 3.8) is 0 Å². The maximum absolute atomic E-state index is 13.7. The summed E-state index contributed by atoms with van der Waals surface area (Å²) >= 11 is 0. The Morgan fingerprint density at radius 1 is 1.14 bits per heavy atom. The first kappa shape index (κ1) is 25.8. The molecule has 36 heavy (non-hydrogen) atoms. The van der Waals surface area contributed by atoms with Crippen LogP contribution in [0.25, 0.3) is 11.0 Å². The quantitative estimate of drug-likeness (QED) is 0.276. The number of aliphatic hydroxyl groups is 1. The van der Waals surface area contributed by atoms with E-state index < -0.39 is 23.8 Å². The summed E-state index contributed by atoms with van der Waals surface area (Å²) in [6.07, 6.45) is 6.64. The van der Waals surface area contributed by atoms with Crippen LogP contribution in [-0.4, -0.2) is 68.6 Å². The van der Waals surface area contributed by atoms with Gasteiger partial charge in [0.25, 0.3) is 0 Å². The van der Waals surface area contributed by atoms with E-state index in [0.29, 0.717) is 25.8 Å². The lowest BCUT2D eigenvalue weighted by molar-refractivity contribution is -0.155. The van der Waals surface area contributed by atoms with E-state index in [9.17, 15) is 14.4 Å². The monoisotopic (exact) mass is 497 g/mol. The number of hydrogen-bond acceptors (Lipinski definition) is 7. The number of carbonyl (C=O) groups is 3. The number of ether oxygens (including phenoxy) is 1. The van der Waals surface area contributed by atoms with Crippen molar-refractivity contribution in [3.05, 3.63) is 36.4 Å². The van der Waals surface area contributed by atoms with E-state index in [2.05, 4.69) is 15.6 Å². The van der Waals surface area contributed by atoms with E-state index >= 15 is 0 Å². The van der Waals surface area contributed by atoms with Crippen LogP contribution in [0, 0.1) is 23.7 Å². The molecule has 0 bridgehead atoms. The summed E-state index contributed by atoms with van der Waals surface area (Å²) < 4.78 is 6.97. The number of fused-ring (bicyclic) bond motifs is 2. The van der Waals surface area contributed by atoms with Crippen LogP contribution in [0.5, 0.6) is 0 Å². The zero-order chi connectivity index (χ0) is 25.7. The molecule has 5 atom stereocenters. The molecule has 1 aliphatic heterocycles. The fraction of sp³-hybridized carbons (Fsp3) is 0.577. The normalized spacial score (nSPS) is 25.2. The van der Waals surface area contributed by atoms with E-state index in [1.165, 1.54) is 0 Å². The van der Waals surface area contributed by atoms with Gasteiger partial charge in [0.15, 0.2) is 0 Å². The molecule has 10 nitrogen and oxygen atoms in total. The molecular weight excluding hydrogens is 462 g/mol. The Bertz CT molecular complexity index is 1120. The number of benzene rings is 1. The van der Waals surface area contributed by atoms with Gasteiger partial charge in [-0.2, -0.15) is 0 Å². The molecule has 1 aromatic carbocycles. The highest BCUT2D eigenvalue weighted by atomic mass is 16.5. The van der Waals surface area contributed by atoms with Gasteiger partial charge >= 0.3 is 5.97 Å². The van der Waals surface area contributed by atoms with Gasteiger partial charge in [0.05, 0.1) is 24.0 Å². The SMILES string of the molecule is CCOC(=O)[C@H]1[C@H]2C(=O)N(CCCCCO)[C@H](C(=O)NCn3nnc4ccccc43)[C@H]2C=C[C@H]1CC. The third-order valence-electron chi connectivity index (χ3n) is 7.29. The molecule has 1 fully saturated rings. The lowest BCUT2D eigenvalue weighted by Gasteiger charge is -2.33. The van der Waals surface area contributed by atoms with Gasteiger partial charge in [-0.05, 0) is 50.7 Å². The molecule has 2 aliphatic rings. The molecule has 0 radical (unpaired) electrons. The van der Waals surface area contributed by atoms with Crippen LogP contribution in [0.15, 0.2) is 36.4 Å². The van der Waals surface area contributed by atoms with Crippen LogP contribution in [0.4, 0.5) is 0 Å². The zero-order valence-electron chi connectivity index (χ0n) is 20.9. The van der Waals surface area contributed by atoms with E-state index in [1.807, 2.05) is 43.3 Å². The molecule has 1 saturated heterocycles. The van der Waals surface area contributed by atoms with Crippen molar-refractivity contribution < 1.29 is 24.2 Å². The summed E-state index contributed by atoms with van der Waals surface area (Å²) in [5, 5.41) is 20.3. The second kappa shape index (κ2) is 11.6. The minimum atomic E-state index is -0.739. The minimum absolute atomic E-state index is 0.0842. The van der Waals surface area contributed by atoms with Gasteiger partial charge in [-0.1, -0.05) is 36.4 Å². The predicted molar refractivity (Wildman–Crippen MR) is 132 cm³/mol. The molecule has 1 aromatic heterocycles. The molecule has 0 saturated carbocycles. The first-order valence-corrected chi connectivity index (χ1v) is 12.8. The van der Waals surface area contributed by atoms with E-state index in [4.69, 9.17) is 9.84 Å². The Labute approximate surface area is 210 Å². The van der Waals surface area contributed by atoms with Crippen LogP contribution in [0.1, 0.15) is 39.5 Å². The topological polar surface area (TPSA) is 127 Å². The summed E-state index contributed by atoms with van der Waals surface area (Å²) in [4.78, 5) is 41.9. The van der Waals surface area contributed by atoms with Gasteiger partial charge in [-0.3, -0.25) is 14.4 Å². The van der Waals surface area contributed by atoms with Crippen molar-refractivity contribution in [2.24, 2.45) is 23.7 Å². The van der Waals surface area contributed by atoms with E-state index in [-0.39, 0.29) is 43.6 Å². The Kier molecular flexibility index (Phi) is 8.35. The maximum atomic E-state index is 13.7. The maximum Gasteiger partial charge on any atom is 0.310 e. The molecule has 1 aliphatic carbocycles. The molecule has 2 aromatic rings. The highest BCUT2D eigenvalue weighted by Gasteiger charge is 2.57. The number of allylic oxidation sites excluding steroid dienone is 1. The first-order valence-electron chi connectivity index (χ1n) is 12.8. The number of unbranched alkanes of at least 4 members (excludes halogenated alkanes) is 2. The van der Waals surface area contributed by atoms with Crippen LogP contribution in [0.3, 0.4) is 0 Å². The van der Waals surface area contributed by atoms with Crippen LogP contribution < -0.4 is 5.32 Å². The molecule has 0 unspecified atom stereocenters. The molecule has 4 rings (SSSR count). The number of rotatable bonds is 11. The Morgan fingerprint density at radius 2 is 1.94 bits per heavy atom. The van der Waals surface area contributed by atoms with E-state index in [1.54, 1.807) is 16.5 Å². The first-order chi connectivity index (χ1) is 17.5. The van der Waals surface area contributed by atoms with Gasteiger partial charge in [0, 0.05) is 19.1 Å². The fourth-order valence-electron chi connectivity index (χ4n) is 5.55. The van der Waals surface area contributed by atoms with Crippen LogP contribution in [-0.2, 0) is 25.8 Å². The smallest absolute Gasteiger partial charge is 0.310 e. The van der Waals surface area contributed by atoms with Crippen molar-refractivity contribution in [2.75, 3.05) is 19.8 Å². The second-order valence-corrected chi connectivity index (χ2v) is 9.38. The van der Waals surface area contributed by atoms with Crippen molar-refractivity contribution in [1.82, 2.24) is 25.2 Å². The Hall–Kier alpha value is -3.27. The third kappa shape index (κ3) is 5.00. The molecule has 2 amide bonds. The molecule has 2 heterocycles. The number of likely N-dealkylation sites (tertiary alicyclic amines) is 1. The number of carbonyl (C=O) groups excluding carboxylic acids is 3. The van der Waals surface area contributed by atoms with Crippen molar-refractivity contribution >= 4 is 28.8 Å². The summed E-state index contributed by atoms with van der Waals surface area (Å²) in [7, 11) is 0. The molecule has 10 heteroatoms. The number of amides is 2. The van der Waals surface area contributed by atoms with Gasteiger partial charge < -0.3 is 20.1 Å². The van der Waals surface area contributed by atoms with Crippen LogP contribution in [0.2, 0.25) is 0 Å². The molecular formula is C26H35N5O5. The fourth-order valence-corrected chi connectivity index (χ4v) is 5.55. The summed E-state index contributed by atoms with van der Waals surface area (Å²) in [6.45, 7) is 4.56. The molecule has 0 spiro atoms. The van der Waals surface area contributed by atoms with E-state index in [0.717, 1.165) is 17.5 Å². The van der Waals surface area contributed by atoms with Gasteiger partial charge in [-0.15, -0.1) is 5.10 Å². The molecule has 2 N–H and O–H groups in total. The number of para-hydroxylation sites is 1. The zero-order valence-corrected chi connectivity index (χ0v) is 20.9. The minimum Gasteiger partial charge on any atom is -0.466 e. The van der Waals surface area contributed by atoms with Crippen molar-refractivity contribution in [2.45, 2.75) is 52.2 Å². The summed E-state index contributed by atoms with van der Waals surface area (Å²) in [5.74, 6) is -2.66. The average Bonchev–Trinajstić information content (AvgIpc) is 3.43. The standard InChI is InChI=1S/C26H35N5O5/c1-3-17-12-13-18-22(21(17)26(35)36-4-2)25(34)30(14-8-5-9-15-32)23(18)24(33)27-16-31-20-11-7-6-10-19(20)28-29-31/h6-7,10-13,17-18,21-23,32H,3-5,8-9,14-16H2,1-2H3,(H,27,33)/t17-,18+,21-,22+,23+/m1/s1. The number of aromatic nitrogens is 3. The number of nitrogens with one attached hydrogen (secondary N) is 1. The third-order valence-corrected chi connectivity index (χ3v) is 7.29. The summed E-state index contributed by atoms with van der Waals surface area (Å²) in [6, 6.07) is 6.74. The number of esters is 1. The van der Waals surface area contributed by atoms with Gasteiger partial charge in [0.1, 0.15) is 18.2 Å². The number of hydrogen-bond donors (Lipinski definition) is 2. The lowest BCUT2D eigenvalue weighted by atomic mass is 9.69. The molecule has 194 valence electrons. The summed E-state index contributed by atoms with van der Waals surface area (Å²) in [5.41, 5.74) is 1.52. The Morgan fingerprint density at radius 3 is 2.69 bits per heavy atom. The number of nitrogens with zero attached hydrogens (tertiary/aromatic N) is 4. The highest BCUT2D eigenvalue weighted by Crippen LogP contribution is 2.45. The van der Waals surface area contributed by atoms with Gasteiger partial charge in [0.2, 0.25) is 11.8 Å². The highest BCUT2D eigenvalue weighted by molar-refractivity contribution is 5.96. The average molecular weight is 498 g/mol. The van der Waals surface area contributed by atoms with Gasteiger partial charge in [-0.25, -0.2) is 4.68 Å².